The first-order valence-corrected chi connectivity index (χ1v) is 6.51. The van der Waals surface area contributed by atoms with Gasteiger partial charge in [-0.15, -0.1) is 0 Å². The van der Waals surface area contributed by atoms with E-state index in [0.717, 1.165) is 17.9 Å². The van der Waals surface area contributed by atoms with Crippen molar-refractivity contribution in [2.24, 2.45) is 10.8 Å². The van der Waals surface area contributed by atoms with E-state index >= 15 is 0 Å². The Labute approximate surface area is 94.4 Å². The third-order valence-corrected chi connectivity index (χ3v) is 5.21. The lowest BCUT2D eigenvalue weighted by Crippen LogP contribution is -2.54. The van der Waals surface area contributed by atoms with Crippen LogP contribution < -0.4 is 5.32 Å². The molecule has 2 rings (SSSR count). The first-order chi connectivity index (χ1) is 6.95. The van der Waals surface area contributed by atoms with Crippen LogP contribution in [0.25, 0.3) is 0 Å². The van der Waals surface area contributed by atoms with Crippen LogP contribution >= 0.6 is 11.8 Å². The number of imide groups is 1. The second kappa shape index (κ2) is 3.51. The van der Waals surface area contributed by atoms with Crippen LogP contribution in [0.5, 0.6) is 0 Å². The van der Waals surface area contributed by atoms with Gasteiger partial charge in [0.1, 0.15) is 0 Å². The maximum Gasteiger partial charge on any atom is 0.227 e. The minimum atomic E-state index is -0.102. The van der Waals surface area contributed by atoms with Crippen LogP contribution in [-0.4, -0.2) is 23.3 Å². The monoisotopic (exact) mass is 227 g/mol. The Balaban J connectivity index is 2.29. The molecule has 2 heterocycles. The second-order valence-corrected chi connectivity index (χ2v) is 6.40. The number of carbonyl (C=O) groups excluding carboxylic acids is 2. The van der Waals surface area contributed by atoms with E-state index in [1.807, 2.05) is 11.8 Å². The summed E-state index contributed by atoms with van der Waals surface area (Å²) in [5.41, 5.74) is 0.000995. The summed E-state index contributed by atoms with van der Waals surface area (Å²) in [6, 6.07) is 0. The highest BCUT2D eigenvalue weighted by Gasteiger charge is 2.51. The topological polar surface area (TPSA) is 46.2 Å². The summed E-state index contributed by atoms with van der Waals surface area (Å²) >= 11 is 1.87. The standard InChI is InChI=1S/C11H17NO2S/c1-10(2)3-4-15-7-11(10)5-8(13)12-9(14)6-11/h3-7H2,1-2H3,(H,12,13,14). The van der Waals surface area contributed by atoms with Gasteiger partial charge in [-0.2, -0.15) is 11.8 Å². The van der Waals surface area contributed by atoms with Crippen LogP contribution in [0.2, 0.25) is 0 Å². The zero-order chi connectivity index (χ0) is 11.1. The summed E-state index contributed by atoms with van der Waals surface area (Å²) in [4.78, 5) is 23.0. The highest BCUT2D eigenvalue weighted by Crippen LogP contribution is 2.53. The molecule has 1 spiro atoms. The molecule has 2 amide bonds. The number of hydrogen-bond acceptors (Lipinski definition) is 3. The molecule has 0 aromatic heterocycles. The number of rotatable bonds is 0. The molecule has 1 N–H and O–H groups in total. The van der Waals surface area contributed by atoms with Crippen LogP contribution in [0.1, 0.15) is 33.1 Å². The molecule has 0 radical (unpaired) electrons. The Morgan fingerprint density at radius 3 is 2.33 bits per heavy atom. The van der Waals surface area contributed by atoms with Crippen molar-refractivity contribution in [3.8, 4) is 0 Å². The first-order valence-electron chi connectivity index (χ1n) is 5.36. The second-order valence-electron chi connectivity index (χ2n) is 5.29. The minimum absolute atomic E-state index is 0.0955. The maximum absolute atomic E-state index is 11.5. The van der Waals surface area contributed by atoms with Gasteiger partial charge in [-0.05, 0) is 17.6 Å². The molecule has 0 saturated carbocycles. The lowest BCUT2D eigenvalue weighted by molar-refractivity contribution is -0.141. The number of nitrogens with one attached hydrogen (secondary N) is 1. The summed E-state index contributed by atoms with van der Waals surface area (Å²) in [6.45, 7) is 4.39. The number of hydrogen-bond donors (Lipinski definition) is 1. The van der Waals surface area contributed by atoms with Gasteiger partial charge in [0.25, 0.3) is 0 Å². The van der Waals surface area contributed by atoms with Gasteiger partial charge in [-0.1, -0.05) is 13.8 Å². The lowest BCUT2D eigenvalue weighted by Gasteiger charge is -2.51. The predicted molar refractivity (Wildman–Crippen MR) is 60.5 cm³/mol. The lowest BCUT2D eigenvalue weighted by atomic mass is 9.60. The molecule has 0 aliphatic carbocycles. The average molecular weight is 227 g/mol. The van der Waals surface area contributed by atoms with E-state index < -0.39 is 0 Å². The van der Waals surface area contributed by atoms with Crippen LogP contribution in [0.15, 0.2) is 0 Å². The Morgan fingerprint density at radius 2 is 1.80 bits per heavy atom. The molecule has 2 fully saturated rings. The summed E-state index contributed by atoms with van der Waals surface area (Å²) in [7, 11) is 0. The van der Waals surface area contributed by atoms with Crippen LogP contribution in [0.4, 0.5) is 0 Å². The van der Waals surface area contributed by atoms with Crippen LogP contribution in [0.3, 0.4) is 0 Å². The van der Waals surface area contributed by atoms with Crippen molar-refractivity contribution < 1.29 is 9.59 Å². The van der Waals surface area contributed by atoms with E-state index in [2.05, 4.69) is 19.2 Å². The summed E-state index contributed by atoms with van der Waals surface area (Å²) in [5, 5.41) is 2.40. The molecule has 0 unspecified atom stereocenters. The van der Waals surface area contributed by atoms with Crippen LogP contribution in [-0.2, 0) is 9.59 Å². The third kappa shape index (κ3) is 1.80. The Kier molecular flexibility index (Phi) is 2.57. The number of piperidine rings is 1. The van der Waals surface area contributed by atoms with Gasteiger partial charge in [0, 0.05) is 24.0 Å². The zero-order valence-electron chi connectivity index (χ0n) is 9.26. The molecule has 0 bridgehead atoms. The van der Waals surface area contributed by atoms with Crippen molar-refractivity contribution in [1.82, 2.24) is 5.32 Å². The number of thioether (sulfide) groups is 1. The highest BCUT2D eigenvalue weighted by molar-refractivity contribution is 7.99. The largest absolute Gasteiger partial charge is 0.296 e. The molecule has 2 aliphatic heterocycles. The van der Waals surface area contributed by atoms with Crippen LogP contribution in [0, 0.1) is 10.8 Å². The molecule has 2 aliphatic rings. The summed E-state index contributed by atoms with van der Waals surface area (Å²) in [6.07, 6.45) is 2.12. The van der Waals surface area contributed by atoms with Gasteiger partial charge in [0.15, 0.2) is 0 Å². The summed E-state index contributed by atoms with van der Waals surface area (Å²) < 4.78 is 0. The van der Waals surface area contributed by atoms with Gasteiger partial charge in [0.2, 0.25) is 11.8 Å². The molecule has 15 heavy (non-hydrogen) atoms. The molecule has 4 heteroatoms. The van der Waals surface area contributed by atoms with E-state index in [4.69, 9.17) is 0 Å². The van der Waals surface area contributed by atoms with Gasteiger partial charge in [-0.3, -0.25) is 14.9 Å². The van der Waals surface area contributed by atoms with Crippen molar-refractivity contribution in [3.63, 3.8) is 0 Å². The maximum atomic E-state index is 11.5. The molecule has 2 saturated heterocycles. The molecule has 84 valence electrons. The number of carbonyl (C=O) groups is 2. The van der Waals surface area contributed by atoms with E-state index in [0.29, 0.717) is 12.8 Å². The molecule has 0 aromatic carbocycles. The summed E-state index contributed by atoms with van der Waals surface area (Å²) in [5.74, 6) is 1.90. The van der Waals surface area contributed by atoms with Gasteiger partial charge in [-0.25, -0.2) is 0 Å². The third-order valence-electron chi connectivity index (χ3n) is 3.96. The number of amides is 2. The molecule has 0 aromatic rings. The first kappa shape index (κ1) is 11.0. The van der Waals surface area contributed by atoms with Crippen molar-refractivity contribution in [1.29, 1.82) is 0 Å². The average Bonchev–Trinajstić information content (AvgIpc) is 2.09. The fourth-order valence-corrected chi connectivity index (χ4v) is 4.34. The Bertz CT molecular complexity index is 296. The zero-order valence-corrected chi connectivity index (χ0v) is 10.1. The van der Waals surface area contributed by atoms with E-state index in [-0.39, 0.29) is 22.6 Å². The van der Waals surface area contributed by atoms with E-state index in [1.54, 1.807) is 0 Å². The fourth-order valence-electron chi connectivity index (χ4n) is 2.56. The fraction of sp³-hybridized carbons (Fsp3) is 0.818. The van der Waals surface area contributed by atoms with Gasteiger partial charge in [0.05, 0.1) is 0 Å². The van der Waals surface area contributed by atoms with E-state index in [9.17, 15) is 9.59 Å². The quantitative estimate of drug-likeness (QED) is 0.639. The molecular formula is C11H17NO2S. The van der Waals surface area contributed by atoms with Gasteiger partial charge < -0.3 is 0 Å². The minimum Gasteiger partial charge on any atom is -0.296 e. The van der Waals surface area contributed by atoms with Crippen molar-refractivity contribution in [3.05, 3.63) is 0 Å². The van der Waals surface area contributed by atoms with Gasteiger partial charge >= 0.3 is 0 Å². The molecule has 3 nitrogen and oxygen atoms in total. The Morgan fingerprint density at radius 1 is 1.20 bits per heavy atom. The molecule has 0 atom stereocenters. The molecular weight excluding hydrogens is 210 g/mol. The SMILES string of the molecule is CC1(C)CCSCC12CC(=O)NC(=O)C2. The van der Waals surface area contributed by atoms with Crippen molar-refractivity contribution >= 4 is 23.6 Å². The van der Waals surface area contributed by atoms with E-state index in [1.165, 1.54) is 0 Å². The highest BCUT2D eigenvalue weighted by atomic mass is 32.2. The predicted octanol–water partition coefficient (Wildman–Crippen LogP) is 1.57. The van der Waals surface area contributed by atoms with Crippen molar-refractivity contribution in [2.45, 2.75) is 33.1 Å². The van der Waals surface area contributed by atoms with Crippen molar-refractivity contribution in [2.75, 3.05) is 11.5 Å². The smallest absolute Gasteiger partial charge is 0.227 e. The Hall–Kier alpha value is -0.510. The normalized spacial score (nSPS) is 28.9.